The van der Waals surface area contributed by atoms with Gasteiger partial charge in [-0.2, -0.15) is 0 Å². The minimum atomic E-state index is -0.0487. The highest BCUT2D eigenvalue weighted by Crippen LogP contribution is 2.12. The molecule has 6 nitrogen and oxygen atoms in total. The van der Waals surface area contributed by atoms with E-state index in [9.17, 15) is 4.79 Å². The molecular weight excluding hydrogens is 254 g/mol. The van der Waals surface area contributed by atoms with Crippen molar-refractivity contribution in [1.29, 1.82) is 0 Å². The molecule has 2 heterocycles. The summed E-state index contributed by atoms with van der Waals surface area (Å²) in [6, 6.07) is 3.68. The molecule has 6 heteroatoms. The highest BCUT2D eigenvalue weighted by molar-refractivity contribution is 5.92. The summed E-state index contributed by atoms with van der Waals surface area (Å²) >= 11 is 0. The van der Waals surface area contributed by atoms with Crippen LogP contribution in [0.15, 0.2) is 12.1 Å². The fraction of sp³-hybridized carbons (Fsp3) is 0.643. The van der Waals surface area contributed by atoms with Crippen LogP contribution in [-0.2, 0) is 0 Å². The third kappa shape index (κ3) is 3.25. The largest absolute Gasteiger partial charge is 0.353 e. The van der Waals surface area contributed by atoms with E-state index in [4.69, 9.17) is 0 Å². The van der Waals surface area contributed by atoms with E-state index in [1.807, 2.05) is 19.9 Å². The SMILES string of the molecule is CCN(CC)C(=O)c1ccc(N2CCN(C)CC2)nn1. The van der Waals surface area contributed by atoms with Crippen LogP contribution in [0.2, 0.25) is 0 Å². The number of anilines is 1. The minimum absolute atomic E-state index is 0.0487. The molecule has 0 spiro atoms. The third-order valence-corrected chi connectivity index (χ3v) is 3.75. The molecule has 0 aliphatic carbocycles. The monoisotopic (exact) mass is 277 g/mol. The molecule has 2 rings (SSSR count). The molecule has 0 N–H and O–H groups in total. The van der Waals surface area contributed by atoms with Crippen LogP contribution >= 0.6 is 0 Å². The van der Waals surface area contributed by atoms with Gasteiger partial charge in [0.1, 0.15) is 0 Å². The van der Waals surface area contributed by atoms with Gasteiger partial charge in [0.05, 0.1) is 0 Å². The van der Waals surface area contributed by atoms with Gasteiger partial charge >= 0.3 is 0 Å². The van der Waals surface area contributed by atoms with E-state index >= 15 is 0 Å². The van der Waals surface area contributed by atoms with E-state index in [0.717, 1.165) is 32.0 Å². The molecule has 1 aliphatic heterocycles. The molecule has 1 aliphatic rings. The summed E-state index contributed by atoms with van der Waals surface area (Å²) in [6.45, 7) is 9.28. The fourth-order valence-electron chi connectivity index (χ4n) is 2.32. The van der Waals surface area contributed by atoms with Crippen LogP contribution in [0.25, 0.3) is 0 Å². The Hall–Kier alpha value is -1.69. The van der Waals surface area contributed by atoms with Crippen molar-refractivity contribution in [3.63, 3.8) is 0 Å². The lowest BCUT2D eigenvalue weighted by molar-refractivity contribution is 0.0766. The zero-order valence-corrected chi connectivity index (χ0v) is 12.5. The molecule has 1 amide bonds. The number of aromatic nitrogens is 2. The molecule has 0 bridgehead atoms. The van der Waals surface area contributed by atoms with E-state index in [1.54, 1.807) is 11.0 Å². The zero-order valence-electron chi connectivity index (χ0n) is 12.5. The standard InChI is InChI=1S/C14H23N5O/c1-4-18(5-2)14(20)12-6-7-13(16-15-12)19-10-8-17(3)9-11-19/h6-7H,4-5,8-11H2,1-3H3. The van der Waals surface area contributed by atoms with Crippen molar-refractivity contribution in [3.05, 3.63) is 17.8 Å². The maximum atomic E-state index is 12.1. The fourth-order valence-corrected chi connectivity index (χ4v) is 2.32. The lowest BCUT2D eigenvalue weighted by Gasteiger charge is -2.32. The van der Waals surface area contributed by atoms with Gasteiger partial charge in [0, 0.05) is 39.3 Å². The topological polar surface area (TPSA) is 52.6 Å². The predicted molar refractivity (Wildman–Crippen MR) is 79.0 cm³/mol. The summed E-state index contributed by atoms with van der Waals surface area (Å²) in [4.78, 5) is 18.4. The quantitative estimate of drug-likeness (QED) is 0.811. The normalized spacial score (nSPS) is 16.2. The van der Waals surface area contributed by atoms with Crippen molar-refractivity contribution in [2.45, 2.75) is 13.8 Å². The van der Waals surface area contributed by atoms with Gasteiger partial charge < -0.3 is 14.7 Å². The third-order valence-electron chi connectivity index (χ3n) is 3.75. The second-order valence-corrected chi connectivity index (χ2v) is 5.04. The second kappa shape index (κ2) is 6.65. The lowest BCUT2D eigenvalue weighted by Crippen LogP contribution is -2.45. The first kappa shape index (κ1) is 14.7. The van der Waals surface area contributed by atoms with Gasteiger partial charge in [0.25, 0.3) is 5.91 Å². The Morgan fingerprint density at radius 3 is 2.30 bits per heavy atom. The van der Waals surface area contributed by atoms with Crippen LogP contribution in [0.5, 0.6) is 0 Å². The predicted octanol–water partition coefficient (Wildman–Crippen LogP) is 0.710. The molecule has 0 radical (unpaired) electrons. The van der Waals surface area contributed by atoms with Crippen molar-refractivity contribution in [2.24, 2.45) is 0 Å². The van der Waals surface area contributed by atoms with Gasteiger partial charge in [0.15, 0.2) is 11.5 Å². The summed E-state index contributed by atoms with van der Waals surface area (Å²) in [5.41, 5.74) is 0.423. The van der Waals surface area contributed by atoms with Crippen molar-refractivity contribution in [1.82, 2.24) is 20.0 Å². The first-order valence-corrected chi connectivity index (χ1v) is 7.22. The number of nitrogens with zero attached hydrogens (tertiary/aromatic N) is 5. The highest BCUT2D eigenvalue weighted by atomic mass is 16.2. The Labute approximate surface area is 120 Å². The average Bonchev–Trinajstić information content (AvgIpc) is 2.49. The number of hydrogen-bond acceptors (Lipinski definition) is 5. The molecule has 1 aromatic rings. The number of likely N-dealkylation sites (N-methyl/N-ethyl adjacent to an activating group) is 1. The number of carbonyl (C=O) groups excluding carboxylic acids is 1. The zero-order chi connectivity index (χ0) is 14.5. The van der Waals surface area contributed by atoms with Crippen molar-refractivity contribution in [3.8, 4) is 0 Å². The smallest absolute Gasteiger partial charge is 0.274 e. The Morgan fingerprint density at radius 1 is 1.15 bits per heavy atom. The van der Waals surface area contributed by atoms with Crippen molar-refractivity contribution >= 4 is 11.7 Å². The number of hydrogen-bond donors (Lipinski definition) is 0. The minimum Gasteiger partial charge on any atom is -0.353 e. The van der Waals surface area contributed by atoms with E-state index < -0.39 is 0 Å². The van der Waals surface area contributed by atoms with E-state index in [1.165, 1.54) is 0 Å². The Morgan fingerprint density at radius 2 is 1.80 bits per heavy atom. The first-order valence-electron chi connectivity index (χ1n) is 7.22. The van der Waals surface area contributed by atoms with Gasteiger partial charge in [-0.05, 0) is 33.0 Å². The summed E-state index contributed by atoms with van der Waals surface area (Å²) in [5, 5.41) is 8.30. The summed E-state index contributed by atoms with van der Waals surface area (Å²) in [7, 11) is 2.12. The number of rotatable bonds is 4. The van der Waals surface area contributed by atoms with Crippen molar-refractivity contribution < 1.29 is 4.79 Å². The highest BCUT2D eigenvalue weighted by Gasteiger charge is 2.18. The van der Waals surface area contributed by atoms with Crippen LogP contribution in [0.1, 0.15) is 24.3 Å². The summed E-state index contributed by atoms with van der Waals surface area (Å²) in [6.07, 6.45) is 0. The van der Waals surface area contributed by atoms with E-state index in [-0.39, 0.29) is 5.91 Å². The molecule has 1 saturated heterocycles. The van der Waals surface area contributed by atoms with Crippen LogP contribution in [0.4, 0.5) is 5.82 Å². The van der Waals surface area contributed by atoms with E-state index in [0.29, 0.717) is 18.8 Å². The van der Waals surface area contributed by atoms with Gasteiger partial charge in [-0.15, -0.1) is 10.2 Å². The van der Waals surface area contributed by atoms with Crippen LogP contribution < -0.4 is 4.90 Å². The Kier molecular flexibility index (Phi) is 4.89. The van der Waals surface area contributed by atoms with Crippen LogP contribution in [0.3, 0.4) is 0 Å². The van der Waals surface area contributed by atoms with Crippen molar-refractivity contribution in [2.75, 3.05) is 51.2 Å². The number of carbonyl (C=O) groups is 1. The first-order chi connectivity index (χ1) is 9.65. The molecule has 0 atom stereocenters. The molecule has 1 aromatic heterocycles. The van der Waals surface area contributed by atoms with Gasteiger partial charge in [-0.3, -0.25) is 4.79 Å². The molecule has 0 aromatic carbocycles. The van der Waals surface area contributed by atoms with Crippen LogP contribution in [-0.4, -0.2) is 72.2 Å². The van der Waals surface area contributed by atoms with Gasteiger partial charge in [-0.25, -0.2) is 0 Å². The maximum absolute atomic E-state index is 12.1. The van der Waals surface area contributed by atoms with Gasteiger partial charge in [0.2, 0.25) is 0 Å². The molecule has 20 heavy (non-hydrogen) atoms. The average molecular weight is 277 g/mol. The number of amides is 1. The maximum Gasteiger partial charge on any atom is 0.274 e. The molecular formula is C14H23N5O. The second-order valence-electron chi connectivity index (χ2n) is 5.04. The summed E-state index contributed by atoms with van der Waals surface area (Å²) in [5.74, 6) is 0.807. The Bertz CT molecular complexity index is 435. The van der Waals surface area contributed by atoms with Gasteiger partial charge in [-0.1, -0.05) is 0 Å². The molecule has 0 unspecified atom stereocenters. The van der Waals surface area contributed by atoms with E-state index in [2.05, 4.69) is 27.0 Å². The Balaban J connectivity index is 2.04. The summed E-state index contributed by atoms with van der Waals surface area (Å²) < 4.78 is 0. The van der Waals surface area contributed by atoms with Crippen LogP contribution in [0, 0.1) is 0 Å². The molecule has 0 saturated carbocycles. The number of piperazine rings is 1. The molecule has 1 fully saturated rings. The lowest BCUT2D eigenvalue weighted by atomic mass is 10.3. The molecule has 110 valence electrons.